The van der Waals surface area contributed by atoms with Gasteiger partial charge in [-0.2, -0.15) is 0 Å². The predicted octanol–water partition coefficient (Wildman–Crippen LogP) is 2.73. The number of fused-ring (bicyclic) bond motifs is 2. The van der Waals surface area contributed by atoms with E-state index in [-0.39, 0.29) is 11.8 Å². The molecule has 2 amide bonds. The van der Waals surface area contributed by atoms with Crippen LogP contribution in [0, 0.1) is 11.8 Å². The highest BCUT2D eigenvalue weighted by molar-refractivity contribution is 5.99. The Bertz CT molecular complexity index is 613. The van der Waals surface area contributed by atoms with Gasteiger partial charge in [0.15, 0.2) is 0 Å². The maximum atomic E-state index is 12.5. The van der Waals surface area contributed by atoms with Gasteiger partial charge in [-0.3, -0.25) is 9.59 Å². The van der Waals surface area contributed by atoms with Gasteiger partial charge in [0.1, 0.15) is 0 Å². The van der Waals surface area contributed by atoms with E-state index in [1.807, 2.05) is 24.3 Å². The van der Waals surface area contributed by atoms with E-state index >= 15 is 0 Å². The first kappa shape index (κ1) is 13.8. The summed E-state index contributed by atoms with van der Waals surface area (Å²) in [6.07, 6.45) is 6.54. The van der Waals surface area contributed by atoms with E-state index in [2.05, 4.69) is 5.32 Å². The summed E-state index contributed by atoms with van der Waals surface area (Å²) in [5.41, 5.74) is 1.52. The molecule has 1 saturated heterocycles. The zero-order valence-electron chi connectivity index (χ0n) is 12.8. The molecule has 1 aromatic carbocycles. The van der Waals surface area contributed by atoms with Crippen molar-refractivity contribution in [3.05, 3.63) is 29.8 Å². The van der Waals surface area contributed by atoms with Crippen molar-refractivity contribution >= 4 is 17.5 Å². The Morgan fingerprint density at radius 2 is 2.14 bits per heavy atom. The van der Waals surface area contributed by atoms with Gasteiger partial charge >= 0.3 is 0 Å². The molecule has 2 saturated carbocycles. The Morgan fingerprint density at radius 3 is 2.82 bits per heavy atom. The molecule has 1 N–H and O–H groups in total. The quantitative estimate of drug-likeness (QED) is 0.933. The smallest absolute Gasteiger partial charge is 0.251 e. The van der Waals surface area contributed by atoms with E-state index in [4.69, 9.17) is 0 Å². The Kier molecular flexibility index (Phi) is 3.40. The van der Waals surface area contributed by atoms with Gasteiger partial charge in [0.2, 0.25) is 5.91 Å². The SMILES string of the molecule is O=C(N[C@@H]1C[C@@H]2CC[C@@H]1C2)c1cccc(N2CCCC2=O)c1. The monoisotopic (exact) mass is 298 g/mol. The van der Waals surface area contributed by atoms with Crippen molar-refractivity contribution in [1.29, 1.82) is 0 Å². The summed E-state index contributed by atoms with van der Waals surface area (Å²) in [6.45, 7) is 0.760. The topological polar surface area (TPSA) is 49.4 Å². The third-order valence-corrected chi connectivity index (χ3v) is 5.55. The lowest BCUT2D eigenvalue weighted by Crippen LogP contribution is -2.38. The molecule has 2 aliphatic carbocycles. The predicted molar refractivity (Wildman–Crippen MR) is 84.7 cm³/mol. The van der Waals surface area contributed by atoms with Gasteiger partial charge in [0.25, 0.3) is 5.91 Å². The number of nitrogens with zero attached hydrogens (tertiary/aromatic N) is 1. The fourth-order valence-corrected chi connectivity index (χ4v) is 4.41. The zero-order valence-corrected chi connectivity index (χ0v) is 12.8. The average molecular weight is 298 g/mol. The van der Waals surface area contributed by atoms with Crippen LogP contribution in [0.1, 0.15) is 48.9 Å². The van der Waals surface area contributed by atoms with E-state index in [1.165, 1.54) is 19.3 Å². The lowest BCUT2D eigenvalue weighted by atomic mass is 9.95. The zero-order chi connectivity index (χ0) is 15.1. The molecule has 0 aromatic heterocycles. The first-order valence-corrected chi connectivity index (χ1v) is 8.42. The molecule has 116 valence electrons. The average Bonchev–Trinajstić information content (AvgIpc) is 3.24. The second-order valence-electron chi connectivity index (χ2n) is 6.95. The summed E-state index contributed by atoms with van der Waals surface area (Å²) in [5.74, 6) is 1.66. The van der Waals surface area contributed by atoms with Crippen LogP contribution in [-0.2, 0) is 4.79 Å². The molecule has 0 radical (unpaired) electrons. The second kappa shape index (κ2) is 5.41. The lowest BCUT2D eigenvalue weighted by molar-refractivity contribution is -0.117. The molecule has 4 heteroatoms. The first-order chi connectivity index (χ1) is 10.7. The minimum atomic E-state index is 0.00560. The van der Waals surface area contributed by atoms with Crippen molar-refractivity contribution in [2.75, 3.05) is 11.4 Å². The molecule has 4 rings (SSSR count). The van der Waals surface area contributed by atoms with E-state index in [0.29, 0.717) is 23.9 Å². The highest BCUT2D eigenvalue weighted by atomic mass is 16.2. The largest absolute Gasteiger partial charge is 0.349 e. The molecular formula is C18H22N2O2. The van der Waals surface area contributed by atoms with Gasteiger partial charge in [0, 0.05) is 30.3 Å². The van der Waals surface area contributed by atoms with Gasteiger partial charge in [-0.1, -0.05) is 12.5 Å². The number of hydrogen-bond acceptors (Lipinski definition) is 2. The van der Waals surface area contributed by atoms with Crippen LogP contribution in [-0.4, -0.2) is 24.4 Å². The summed E-state index contributed by atoms with van der Waals surface area (Å²) in [4.78, 5) is 26.1. The lowest BCUT2D eigenvalue weighted by Gasteiger charge is -2.23. The highest BCUT2D eigenvalue weighted by Crippen LogP contribution is 2.44. The normalized spacial score (nSPS) is 30.1. The molecule has 0 unspecified atom stereocenters. The van der Waals surface area contributed by atoms with Crippen LogP contribution >= 0.6 is 0 Å². The van der Waals surface area contributed by atoms with Crippen LogP contribution in [0.4, 0.5) is 5.69 Å². The maximum Gasteiger partial charge on any atom is 0.251 e. The Hall–Kier alpha value is -1.84. The van der Waals surface area contributed by atoms with Crippen LogP contribution in [0.5, 0.6) is 0 Å². The number of nitrogens with one attached hydrogen (secondary N) is 1. The van der Waals surface area contributed by atoms with Crippen molar-refractivity contribution in [2.24, 2.45) is 11.8 Å². The Morgan fingerprint density at radius 1 is 1.23 bits per heavy atom. The Balaban J connectivity index is 1.47. The first-order valence-electron chi connectivity index (χ1n) is 8.42. The molecule has 1 aliphatic heterocycles. The van der Waals surface area contributed by atoms with Crippen LogP contribution in [0.25, 0.3) is 0 Å². The van der Waals surface area contributed by atoms with E-state index in [9.17, 15) is 9.59 Å². The standard InChI is InChI=1S/C18H22N2O2/c21-17-5-2-8-20(17)15-4-1-3-14(11-15)18(22)19-16-10-12-6-7-13(16)9-12/h1,3-4,11-13,16H,2,5-10H2,(H,19,22)/t12-,13-,16-/m1/s1. The summed E-state index contributed by atoms with van der Waals surface area (Å²) >= 11 is 0. The van der Waals surface area contributed by atoms with Gasteiger partial charge in [0.05, 0.1) is 0 Å². The number of amides is 2. The van der Waals surface area contributed by atoms with Gasteiger partial charge in [-0.15, -0.1) is 0 Å². The summed E-state index contributed by atoms with van der Waals surface area (Å²) in [6, 6.07) is 7.83. The number of benzene rings is 1. The third kappa shape index (κ3) is 2.40. The molecule has 4 nitrogen and oxygen atoms in total. The summed E-state index contributed by atoms with van der Waals surface area (Å²) in [7, 11) is 0. The number of rotatable bonds is 3. The molecule has 3 atom stereocenters. The minimum absolute atomic E-state index is 0.00560. The van der Waals surface area contributed by atoms with Crippen molar-refractivity contribution in [3.63, 3.8) is 0 Å². The van der Waals surface area contributed by atoms with Crippen LogP contribution in [0.3, 0.4) is 0 Å². The Labute approximate surface area is 130 Å². The van der Waals surface area contributed by atoms with Gasteiger partial charge < -0.3 is 10.2 Å². The summed E-state index contributed by atoms with van der Waals surface area (Å²) in [5, 5.41) is 3.21. The molecular weight excluding hydrogens is 276 g/mol. The van der Waals surface area contributed by atoms with Crippen LogP contribution in [0.15, 0.2) is 24.3 Å². The van der Waals surface area contributed by atoms with Gasteiger partial charge in [-0.25, -0.2) is 0 Å². The number of anilines is 1. The van der Waals surface area contributed by atoms with Gasteiger partial charge in [-0.05, 0) is 55.7 Å². The van der Waals surface area contributed by atoms with Crippen LogP contribution in [0.2, 0.25) is 0 Å². The molecule has 2 bridgehead atoms. The fourth-order valence-electron chi connectivity index (χ4n) is 4.41. The van der Waals surface area contributed by atoms with E-state index < -0.39 is 0 Å². The molecule has 3 fully saturated rings. The minimum Gasteiger partial charge on any atom is -0.349 e. The van der Waals surface area contributed by atoms with E-state index in [1.54, 1.807) is 4.90 Å². The molecule has 0 spiro atoms. The highest BCUT2D eigenvalue weighted by Gasteiger charge is 2.40. The number of carbonyl (C=O) groups is 2. The molecule has 3 aliphatic rings. The third-order valence-electron chi connectivity index (χ3n) is 5.55. The number of hydrogen-bond donors (Lipinski definition) is 1. The molecule has 22 heavy (non-hydrogen) atoms. The number of carbonyl (C=O) groups excluding carboxylic acids is 2. The van der Waals surface area contributed by atoms with Crippen molar-refractivity contribution in [2.45, 2.75) is 44.6 Å². The van der Waals surface area contributed by atoms with Crippen molar-refractivity contribution in [1.82, 2.24) is 5.32 Å². The van der Waals surface area contributed by atoms with Crippen molar-refractivity contribution < 1.29 is 9.59 Å². The van der Waals surface area contributed by atoms with E-state index in [0.717, 1.165) is 31.0 Å². The molecule has 1 heterocycles. The fraction of sp³-hybridized carbons (Fsp3) is 0.556. The second-order valence-corrected chi connectivity index (χ2v) is 6.95. The van der Waals surface area contributed by atoms with Crippen molar-refractivity contribution in [3.8, 4) is 0 Å². The van der Waals surface area contributed by atoms with Crippen LogP contribution < -0.4 is 10.2 Å². The molecule has 1 aromatic rings. The summed E-state index contributed by atoms with van der Waals surface area (Å²) < 4.78 is 0. The maximum absolute atomic E-state index is 12.5.